The zero-order valence-electron chi connectivity index (χ0n) is 16.3. The number of fused-ring (bicyclic) bond motifs is 1. The Bertz CT molecular complexity index is 1360. The number of benzene rings is 2. The summed E-state index contributed by atoms with van der Waals surface area (Å²) in [5.74, 6) is -1.90. The van der Waals surface area contributed by atoms with Crippen LogP contribution in [0, 0.1) is 18.6 Å². The third-order valence-corrected chi connectivity index (χ3v) is 5.35. The molecule has 4 aromatic rings. The number of aromatic nitrogens is 3. The van der Waals surface area contributed by atoms with Gasteiger partial charge in [0.25, 0.3) is 5.56 Å². The highest BCUT2D eigenvalue weighted by Gasteiger charge is 2.16. The first kappa shape index (κ1) is 20.7. The molecule has 2 aromatic heterocycles. The maximum absolute atomic E-state index is 13.8. The van der Waals surface area contributed by atoms with Crippen molar-refractivity contribution in [1.82, 2.24) is 14.5 Å². The minimum Gasteiger partial charge on any atom is -0.323 e. The van der Waals surface area contributed by atoms with E-state index in [9.17, 15) is 18.4 Å². The second-order valence-electron chi connectivity index (χ2n) is 6.70. The number of amides is 1. The lowest BCUT2D eigenvalue weighted by Crippen LogP contribution is -2.23. The highest BCUT2D eigenvalue weighted by molar-refractivity contribution is 7.99. The predicted molar refractivity (Wildman–Crippen MR) is 116 cm³/mol. The average molecular weight is 438 g/mol. The van der Waals surface area contributed by atoms with Gasteiger partial charge in [0.05, 0.1) is 22.3 Å². The van der Waals surface area contributed by atoms with Crippen LogP contribution in [0.3, 0.4) is 0 Å². The van der Waals surface area contributed by atoms with E-state index in [1.807, 2.05) is 6.92 Å². The molecule has 1 N–H and O–H groups in total. The van der Waals surface area contributed by atoms with Crippen LogP contribution in [0.2, 0.25) is 0 Å². The predicted octanol–water partition coefficient (Wildman–Crippen LogP) is 4.10. The molecular formula is C22H16F2N4O2S. The second-order valence-corrected chi connectivity index (χ2v) is 7.65. The van der Waals surface area contributed by atoms with Crippen LogP contribution in [0.1, 0.15) is 5.56 Å². The summed E-state index contributed by atoms with van der Waals surface area (Å²) in [5, 5.41) is 3.09. The van der Waals surface area contributed by atoms with Gasteiger partial charge in [0.2, 0.25) is 5.91 Å². The summed E-state index contributed by atoms with van der Waals surface area (Å²) in [6, 6.07) is 13.3. The fraction of sp³-hybridized carbons (Fsp3) is 0.0909. The van der Waals surface area contributed by atoms with Gasteiger partial charge in [-0.25, -0.2) is 23.3 Å². The molecule has 156 valence electrons. The van der Waals surface area contributed by atoms with Crippen LogP contribution in [0.25, 0.3) is 16.7 Å². The van der Waals surface area contributed by atoms with Crippen LogP contribution in [0.5, 0.6) is 0 Å². The number of carbonyl (C=O) groups excluding carboxylic acids is 1. The Labute approximate surface area is 180 Å². The number of aryl methyl sites for hydroxylation is 1. The first-order valence-corrected chi connectivity index (χ1v) is 10.2. The maximum Gasteiger partial charge on any atom is 0.267 e. The molecule has 0 aliphatic carbocycles. The first-order valence-electron chi connectivity index (χ1n) is 9.25. The lowest BCUT2D eigenvalue weighted by atomic mass is 10.2. The number of hydrogen-bond donors (Lipinski definition) is 1. The smallest absolute Gasteiger partial charge is 0.267 e. The number of pyridine rings is 1. The van der Waals surface area contributed by atoms with Gasteiger partial charge in [-0.2, -0.15) is 0 Å². The van der Waals surface area contributed by atoms with E-state index in [1.165, 1.54) is 4.57 Å². The molecule has 2 heterocycles. The van der Waals surface area contributed by atoms with Crippen molar-refractivity contribution in [3.63, 3.8) is 0 Å². The summed E-state index contributed by atoms with van der Waals surface area (Å²) >= 11 is 1.02. The normalized spacial score (nSPS) is 10.9. The van der Waals surface area contributed by atoms with Gasteiger partial charge in [-0.15, -0.1) is 0 Å². The van der Waals surface area contributed by atoms with Crippen LogP contribution in [-0.2, 0) is 4.79 Å². The zero-order valence-corrected chi connectivity index (χ0v) is 17.1. The Morgan fingerprint density at radius 1 is 1.13 bits per heavy atom. The number of anilines is 1. The van der Waals surface area contributed by atoms with Crippen LogP contribution < -0.4 is 10.9 Å². The molecule has 0 radical (unpaired) electrons. The van der Waals surface area contributed by atoms with Crippen LogP contribution >= 0.6 is 11.8 Å². The fourth-order valence-corrected chi connectivity index (χ4v) is 3.76. The summed E-state index contributed by atoms with van der Waals surface area (Å²) in [7, 11) is 0. The molecule has 0 fully saturated rings. The van der Waals surface area contributed by atoms with Gasteiger partial charge in [-0.1, -0.05) is 23.9 Å². The van der Waals surface area contributed by atoms with Crippen molar-refractivity contribution in [3.8, 4) is 5.82 Å². The third kappa shape index (κ3) is 4.46. The number of nitrogens with zero attached hydrogens (tertiary/aromatic N) is 3. The van der Waals surface area contributed by atoms with Crippen molar-refractivity contribution in [3.05, 3.63) is 88.3 Å². The summed E-state index contributed by atoms with van der Waals surface area (Å²) in [6.45, 7) is 1.88. The minimum atomic E-state index is -0.872. The average Bonchev–Trinajstić information content (AvgIpc) is 2.74. The highest BCUT2D eigenvalue weighted by atomic mass is 32.2. The first-order chi connectivity index (χ1) is 14.9. The molecule has 0 aliphatic rings. The molecule has 9 heteroatoms. The van der Waals surface area contributed by atoms with Gasteiger partial charge in [-0.05, 0) is 48.9 Å². The van der Waals surface area contributed by atoms with E-state index in [0.29, 0.717) is 22.8 Å². The number of thioether (sulfide) groups is 1. The Hall–Kier alpha value is -3.59. The number of hydrogen-bond acceptors (Lipinski definition) is 5. The largest absolute Gasteiger partial charge is 0.323 e. The molecule has 4 rings (SSSR count). The SMILES string of the molecule is Cc1ccnc(-n2c(SCC(=O)Nc3ccc(F)cc3F)nc3ccccc3c2=O)c1. The molecule has 2 aromatic carbocycles. The molecule has 0 saturated carbocycles. The number of rotatable bonds is 5. The molecule has 0 aliphatic heterocycles. The highest BCUT2D eigenvalue weighted by Crippen LogP contribution is 2.22. The van der Waals surface area contributed by atoms with E-state index in [0.717, 1.165) is 29.5 Å². The number of nitrogens with one attached hydrogen (secondary N) is 1. The number of para-hydroxylation sites is 1. The third-order valence-electron chi connectivity index (χ3n) is 4.41. The molecule has 0 unspecified atom stereocenters. The van der Waals surface area contributed by atoms with Crippen molar-refractivity contribution in [2.24, 2.45) is 0 Å². The van der Waals surface area contributed by atoms with Crippen molar-refractivity contribution in [1.29, 1.82) is 0 Å². The van der Waals surface area contributed by atoms with Crippen LogP contribution in [0.4, 0.5) is 14.5 Å². The van der Waals surface area contributed by atoms with Crippen molar-refractivity contribution in [2.75, 3.05) is 11.1 Å². The summed E-state index contributed by atoms with van der Waals surface area (Å²) in [4.78, 5) is 34.3. The van der Waals surface area contributed by atoms with Gasteiger partial charge in [0, 0.05) is 12.3 Å². The monoisotopic (exact) mass is 438 g/mol. The molecule has 0 saturated heterocycles. The summed E-state index contributed by atoms with van der Waals surface area (Å²) in [5.41, 5.74) is 0.960. The quantitative estimate of drug-likeness (QED) is 0.375. The summed E-state index contributed by atoms with van der Waals surface area (Å²) in [6.07, 6.45) is 1.59. The van der Waals surface area contributed by atoms with E-state index in [1.54, 1.807) is 42.6 Å². The van der Waals surface area contributed by atoms with Crippen LogP contribution in [0.15, 0.2) is 70.7 Å². The van der Waals surface area contributed by atoms with Crippen molar-refractivity contribution in [2.45, 2.75) is 12.1 Å². The maximum atomic E-state index is 13.8. The van der Waals surface area contributed by atoms with Gasteiger partial charge in [0.15, 0.2) is 5.16 Å². The lowest BCUT2D eigenvalue weighted by Gasteiger charge is -2.13. The number of halogens is 2. The minimum absolute atomic E-state index is 0.129. The summed E-state index contributed by atoms with van der Waals surface area (Å²) < 4.78 is 28.2. The topological polar surface area (TPSA) is 76.9 Å². The molecule has 0 bridgehead atoms. The molecular weight excluding hydrogens is 422 g/mol. The van der Waals surface area contributed by atoms with Gasteiger partial charge >= 0.3 is 0 Å². The molecule has 6 nitrogen and oxygen atoms in total. The number of carbonyl (C=O) groups is 1. The Morgan fingerprint density at radius 3 is 2.71 bits per heavy atom. The Kier molecular flexibility index (Phi) is 5.77. The molecule has 0 spiro atoms. The standard InChI is InChI=1S/C22H16F2N4O2S/c1-13-8-9-25-19(10-13)28-21(30)15-4-2-3-5-17(15)27-22(28)31-12-20(29)26-18-7-6-14(23)11-16(18)24/h2-11H,12H2,1H3,(H,26,29). The molecule has 31 heavy (non-hydrogen) atoms. The Morgan fingerprint density at radius 2 is 1.94 bits per heavy atom. The molecule has 1 amide bonds. The van der Waals surface area contributed by atoms with Crippen LogP contribution in [-0.4, -0.2) is 26.2 Å². The van der Waals surface area contributed by atoms with Gasteiger partial charge in [0.1, 0.15) is 17.5 Å². The molecule has 0 atom stereocenters. The van der Waals surface area contributed by atoms with E-state index in [2.05, 4.69) is 15.3 Å². The van der Waals surface area contributed by atoms with Crippen molar-refractivity contribution >= 4 is 34.3 Å². The van der Waals surface area contributed by atoms with E-state index >= 15 is 0 Å². The van der Waals surface area contributed by atoms with Gasteiger partial charge in [-0.3, -0.25) is 9.59 Å². The van der Waals surface area contributed by atoms with E-state index < -0.39 is 17.5 Å². The van der Waals surface area contributed by atoms with E-state index in [-0.39, 0.29) is 22.2 Å². The van der Waals surface area contributed by atoms with Crippen molar-refractivity contribution < 1.29 is 13.6 Å². The fourth-order valence-electron chi connectivity index (χ4n) is 2.96. The lowest BCUT2D eigenvalue weighted by molar-refractivity contribution is -0.113. The zero-order chi connectivity index (χ0) is 22.0. The second kappa shape index (κ2) is 8.65. The van der Waals surface area contributed by atoms with E-state index in [4.69, 9.17) is 0 Å². The van der Waals surface area contributed by atoms with Gasteiger partial charge < -0.3 is 5.32 Å². The Balaban J connectivity index is 1.67.